The summed E-state index contributed by atoms with van der Waals surface area (Å²) in [4.78, 5) is 37.8. The molecule has 0 unspecified atom stereocenters. The lowest BCUT2D eigenvalue weighted by molar-refractivity contribution is -0.147. The Morgan fingerprint density at radius 3 is 2.46 bits per heavy atom. The second kappa shape index (κ2) is 8.39. The molecule has 0 atom stereocenters. The molecule has 2 aromatic rings. The van der Waals surface area contributed by atoms with Crippen molar-refractivity contribution in [1.82, 2.24) is 4.90 Å². The number of anilines is 1. The number of amides is 2. The van der Waals surface area contributed by atoms with Crippen molar-refractivity contribution in [3.8, 4) is 5.75 Å². The molecule has 0 bridgehead atoms. The van der Waals surface area contributed by atoms with Crippen molar-refractivity contribution >= 4 is 29.2 Å². The van der Waals surface area contributed by atoms with Crippen molar-refractivity contribution in [2.24, 2.45) is 0 Å². The van der Waals surface area contributed by atoms with Gasteiger partial charge >= 0.3 is 5.97 Å². The fraction of sp³-hybridized carbons (Fsp3) is 0.190. The van der Waals surface area contributed by atoms with E-state index >= 15 is 0 Å². The summed E-state index contributed by atoms with van der Waals surface area (Å²) in [5, 5.41) is 2.62. The van der Waals surface area contributed by atoms with Gasteiger partial charge in [0.1, 0.15) is 5.75 Å². The van der Waals surface area contributed by atoms with E-state index in [4.69, 9.17) is 9.47 Å². The molecule has 0 fully saturated rings. The van der Waals surface area contributed by atoms with Crippen LogP contribution in [0.25, 0.3) is 5.70 Å². The van der Waals surface area contributed by atoms with Crippen molar-refractivity contribution < 1.29 is 23.9 Å². The van der Waals surface area contributed by atoms with E-state index in [0.29, 0.717) is 22.7 Å². The van der Waals surface area contributed by atoms with E-state index in [0.717, 1.165) is 5.56 Å². The first kappa shape index (κ1) is 19.2. The standard InChI is InChI=1S/C21H20N2O5/c1-14-15-7-3-4-8-16(15)21(26)23(14)12-11-20(25)28-13-19(24)22-17-9-5-6-10-18(17)27-2/h3-10H,1,11-13H2,2H3,(H,22,24). The number of fused-ring (bicyclic) bond motifs is 1. The Balaban J connectivity index is 1.47. The number of ether oxygens (including phenoxy) is 2. The average molecular weight is 380 g/mol. The van der Waals surface area contributed by atoms with Gasteiger partial charge in [-0.25, -0.2) is 0 Å². The number of hydrogen-bond donors (Lipinski definition) is 1. The van der Waals surface area contributed by atoms with Gasteiger partial charge in [-0.1, -0.05) is 36.9 Å². The number of nitrogens with zero attached hydrogens (tertiary/aromatic N) is 1. The van der Waals surface area contributed by atoms with Gasteiger partial charge in [0.2, 0.25) is 0 Å². The van der Waals surface area contributed by atoms with Crippen LogP contribution in [0.1, 0.15) is 22.3 Å². The maximum absolute atomic E-state index is 12.4. The third-order valence-electron chi connectivity index (χ3n) is 4.32. The molecule has 1 aliphatic rings. The summed E-state index contributed by atoms with van der Waals surface area (Å²) in [7, 11) is 1.50. The number of benzene rings is 2. The first-order valence-electron chi connectivity index (χ1n) is 8.70. The SMILES string of the molecule is C=C1c2ccccc2C(=O)N1CCC(=O)OCC(=O)Nc1ccccc1OC. The highest BCUT2D eigenvalue weighted by Gasteiger charge is 2.30. The molecule has 0 saturated heterocycles. The maximum Gasteiger partial charge on any atom is 0.308 e. The molecule has 0 radical (unpaired) electrons. The number of rotatable bonds is 7. The molecule has 3 rings (SSSR count). The molecule has 7 heteroatoms. The maximum atomic E-state index is 12.4. The molecule has 0 aromatic heterocycles. The van der Waals surface area contributed by atoms with Gasteiger partial charge in [-0.05, 0) is 18.2 Å². The number of carbonyl (C=O) groups excluding carboxylic acids is 3. The number of esters is 1. The number of carbonyl (C=O) groups is 3. The van der Waals surface area contributed by atoms with E-state index in [1.807, 2.05) is 12.1 Å². The second-order valence-corrected chi connectivity index (χ2v) is 6.11. The molecular formula is C21H20N2O5. The predicted molar refractivity (Wildman–Crippen MR) is 104 cm³/mol. The van der Waals surface area contributed by atoms with Crippen LogP contribution in [-0.2, 0) is 14.3 Å². The summed E-state index contributed by atoms with van der Waals surface area (Å²) in [5.74, 6) is -0.742. The zero-order valence-electron chi connectivity index (χ0n) is 15.4. The topological polar surface area (TPSA) is 84.9 Å². The quantitative estimate of drug-likeness (QED) is 0.747. The minimum atomic E-state index is -0.577. The van der Waals surface area contributed by atoms with Gasteiger partial charge in [0.05, 0.1) is 19.2 Å². The van der Waals surface area contributed by atoms with Crippen molar-refractivity contribution in [3.05, 3.63) is 66.2 Å². The minimum absolute atomic E-state index is 0.0410. The number of hydrogen-bond acceptors (Lipinski definition) is 5. The summed E-state index contributed by atoms with van der Waals surface area (Å²) < 4.78 is 10.1. The molecule has 0 aliphatic carbocycles. The van der Waals surface area contributed by atoms with Crippen molar-refractivity contribution in [2.75, 3.05) is 25.6 Å². The summed E-state index contributed by atoms with van der Waals surface area (Å²) in [6, 6.07) is 14.1. The third kappa shape index (κ3) is 4.03. The third-order valence-corrected chi connectivity index (χ3v) is 4.32. The summed E-state index contributed by atoms with van der Waals surface area (Å²) in [6.07, 6.45) is -0.0410. The van der Waals surface area contributed by atoms with Gasteiger partial charge in [0.15, 0.2) is 6.61 Å². The van der Waals surface area contributed by atoms with E-state index in [1.165, 1.54) is 12.0 Å². The molecule has 7 nitrogen and oxygen atoms in total. The molecular weight excluding hydrogens is 360 g/mol. The molecule has 1 heterocycles. The molecule has 2 aromatic carbocycles. The smallest absolute Gasteiger partial charge is 0.308 e. The van der Waals surface area contributed by atoms with Crippen molar-refractivity contribution in [1.29, 1.82) is 0 Å². The van der Waals surface area contributed by atoms with E-state index in [-0.39, 0.29) is 18.9 Å². The van der Waals surface area contributed by atoms with Crippen LogP contribution >= 0.6 is 0 Å². The van der Waals surface area contributed by atoms with Gasteiger partial charge in [-0.3, -0.25) is 14.4 Å². The number of nitrogens with one attached hydrogen (secondary N) is 1. The normalized spacial score (nSPS) is 12.5. The number of methoxy groups -OCH3 is 1. The van der Waals surface area contributed by atoms with Crippen LogP contribution in [0, 0.1) is 0 Å². The summed E-state index contributed by atoms with van der Waals surface area (Å²) in [6.45, 7) is 3.63. The van der Waals surface area contributed by atoms with E-state index in [1.54, 1.807) is 36.4 Å². The molecule has 2 amide bonds. The number of para-hydroxylation sites is 2. The Morgan fingerprint density at radius 2 is 1.75 bits per heavy atom. The largest absolute Gasteiger partial charge is 0.495 e. The highest BCUT2D eigenvalue weighted by Crippen LogP contribution is 2.31. The molecule has 0 saturated carbocycles. The first-order valence-corrected chi connectivity index (χ1v) is 8.70. The van der Waals surface area contributed by atoms with Gasteiger partial charge in [-0.2, -0.15) is 0 Å². The van der Waals surface area contributed by atoms with Crippen LogP contribution in [0.3, 0.4) is 0 Å². The molecule has 28 heavy (non-hydrogen) atoms. The van der Waals surface area contributed by atoms with Crippen LogP contribution in [0.2, 0.25) is 0 Å². The van der Waals surface area contributed by atoms with Crippen molar-refractivity contribution in [2.45, 2.75) is 6.42 Å². The molecule has 144 valence electrons. The van der Waals surface area contributed by atoms with Crippen LogP contribution in [0.5, 0.6) is 5.75 Å². The van der Waals surface area contributed by atoms with Gasteiger partial charge < -0.3 is 19.7 Å². The van der Waals surface area contributed by atoms with Gasteiger partial charge in [0.25, 0.3) is 11.8 Å². The highest BCUT2D eigenvalue weighted by atomic mass is 16.5. The Kier molecular flexibility index (Phi) is 5.74. The van der Waals surface area contributed by atoms with Gasteiger partial charge in [-0.15, -0.1) is 0 Å². The molecule has 1 N–H and O–H groups in total. The lowest BCUT2D eigenvalue weighted by atomic mass is 10.1. The van der Waals surface area contributed by atoms with E-state index < -0.39 is 18.5 Å². The molecule has 1 aliphatic heterocycles. The van der Waals surface area contributed by atoms with Gasteiger partial charge in [0, 0.05) is 23.4 Å². The van der Waals surface area contributed by atoms with Crippen LogP contribution in [0.4, 0.5) is 5.69 Å². The minimum Gasteiger partial charge on any atom is -0.495 e. The van der Waals surface area contributed by atoms with E-state index in [2.05, 4.69) is 11.9 Å². The summed E-state index contributed by atoms with van der Waals surface area (Å²) >= 11 is 0. The van der Waals surface area contributed by atoms with Crippen LogP contribution in [0.15, 0.2) is 55.1 Å². The second-order valence-electron chi connectivity index (χ2n) is 6.11. The average Bonchev–Trinajstić information content (AvgIpc) is 2.95. The van der Waals surface area contributed by atoms with Crippen LogP contribution in [-0.4, -0.2) is 42.9 Å². The zero-order chi connectivity index (χ0) is 20.1. The molecule has 0 spiro atoms. The monoisotopic (exact) mass is 380 g/mol. The van der Waals surface area contributed by atoms with E-state index in [9.17, 15) is 14.4 Å². The Morgan fingerprint density at radius 1 is 1.07 bits per heavy atom. The Labute approximate surface area is 162 Å². The Bertz CT molecular complexity index is 903. The fourth-order valence-corrected chi connectivity index (χ4v) is 2.93. The van der Waals surface area contributed by atoms with Crippen LogP contribution < -0.4 is 10.1 Å². The highest BCUT2D eigenvalue weighted by molar-refractivity contribution is 6.08. The predicted octanol–water partition coefficient (Wildman–Crippen LogP) is 2.69. The Hall–Kier alpha value is -3.61. The first-order chi connectivity index (χ1) is 13.5. The summed E-state index contributed by atoms with van der Waals surface area (Å²) in [5.41, 5.74) is 2.37. The lowest BCUT2D eigenvalue weighted by Crippen LogP contribution is -2.27. The lowest BCUT2D eigenvalue weighted by Gasteiger charge is -2.16. The fourth-order valence-electron chi connectivity index (χ4n) is 2.93. The zero-order valence-corrected chi connectivity index (χ0v) is 15.4. The van der Waals surface area contributed by atoms with Crippen molar-refractivity contribution in [3.63, 3.8) is 0 Å².